The molecule has 0 amide bonds. The number of likely N-dealkylation sites (tertiary alicyclic amines) is 1. The van der Waals surface area contributed by atoms with Crippen molar-refractivity contribution in [3.63, 3.8) is 0 Å². The number of aromatic amines is 2. The summed E-state index contributed by atoms with van der Waals surface area (Å²) >= 11 is 0. The van der Waals surface area contributed by atoms with Gasteiger partial charge in [-0.2, -0.15) is 5.10 Å². The number of aryl methyl sites for hydroxylation is 1. The molecule has 240 valence electrons. The molecule has 0 saturated carbocycles. The predicted molar refractivity (Wildman–Crippen MR) is 191 cm³/mol. The molecule has 2 aromatic heterocycles. The minimum Gasteiger partial charge on any atom is -0.337 e. The number of fused-ring (bicyclic) bond motifs is 1. The topological polar surface area (TPSA) is 63.8 Å². The maximum Gasteiger partial charge on any atom is 0.159 e. The minimum absolute atomic E-state index is 0.236. The smallest absolute Gasteiger partial charge is 0.159 e. The molecule has 0 aliphatic carbocycles. The Bertz CT molecular complexity index is 1880. The van der Waals surface area contributed by atoms with Crippen LogP contribution in [0.4, 0.5) is 4.39 Å². The Morgan fingerprint density at radius 2 is 1.93 bits per heavy atom. The lowest BCUT2D eigenvalue weighted by molar-refractivity contribution is 0.248. The van der Waals surface area contributed by atoms with Crippen LogP contribution in [0, 0.1) is 5.82 Å². The first-order chi connectivity index (χ1) is 22.2. The second-order valence-corrected chi connectivity index (χ2v) is 12.5. The van der Waals surface area contributed by atoms with E-state index in [1.807, 2.05) is 30.4 Å². The Morgan fingerprint density at radius 1 is 1.13 bits per heavy atom. The van der Waals surface area contributed by atoms with Crippen LogP contribution in [-0.2, 0) is 6.42 Å². The molecule has 46 heavy (non-hydrogen) atoms. The molecular formula is C39H47FN6. The molecule has 0 atom stereocenters. The molecule has 0 radical (unpaired) electrons. The van der Waals surface area contributed by atoms with Crippen molar-refractivity contribution in [3.05, 3.63) is 106 Å². The van der Waals surface area contributed by atoms with E-state index in [1.165, 1.54) is 24.8 Å². The molecule has 1 aliphatic rings. The van der Waals surface area contributed by atoms with Crippen LogP contribution in [0.3, 0.4) is 0 Å². The first-order valence-electron chi connectivity index (χ1n) is 16.3. The van der Waals surface area contributed by atoms with Gasteiger partial charge in [0.1, 0.15) is 11.5 Å². The normalized spacial score (nSPS) is 15.8. The maximum absolute atomic E-state index is 14.7. The van der Waals surface area contributed by atoms with E-state index in [4.69, 9.17) is 4.98 Å². The number of benzene rings is 2. The zero-order valence-electron chi connectivity index (χ0n) is 27.8. The molecule has 1 aliphatic heterocycles. The molecule has 0 unspecified atom stereocenters. The van der Waals surface area contributed by atoms with Gasteiger partial charge in [-0.1, -0.05) is 62.1 Å². The lowest BCUT2D eigenvalue weighted by atomic mass is 9.99. The lowest BCUT2D eigenvalue weighted by Crippen LogP contribution is -2.31. The Balaban J connectivity index is 1.40. The summed E-state index contributed by atoms with van der Waals surface area (Å²) in [4.78, 5) is 13.0. The highest BCUT2D eigenvalue weighted by atomic mass is 19.1. The van der Waals surface area contributed by atoms with Crippen LogP contribution in [0.2, 0.25) is 0 Å². The summed E-state index contributed by atoms with van der Waals surface area (Å²) in [6.07, 6.45) is 16.1. The third-order valence-electron chi connectivity index (χ3n) is 8.70. The van der Waals surface area contributed by atoms with Gasteiger partial charge in [0.15, 0.2) is 5.82 Å². The first kappa shape index (κ1) is 33.0. The average Bonchev–Trinajstić information content (AvgIpc) is 3.64. The predicted octanol–water partition coefficient (Wildman–Crippen LogP) is 6.94. The minimum atomic E-state index is -0.236. The molecule has 2 N–H and O–H groups in total. The fourth-order valence-corrected chi connectivity index (χ4v) is 6.11. The number of nitrogens with one attached hydrogen (secondary N) is 2. The summed E-state index contributed by atoms with van der Waals surface area (Å²) in [5.41, 5.74) is 8.51. The average molecular weight is 619 g/mol. The number of rotatable bonds is 12. The molecule has 3 heterocycles. The van der Waals surface area contributed by atoms with Gasteiger partial charge in [-0.15, -0.1) is 0 Å². The monoisotopic (exact) mass is 618 g/mol. The van der Waals surface area contributed by atoms with Crippen LogP contribution in [0.1, 0.15) is 45.1 Å². The SMILES string of the molecule is C=C\C(=C/C(=C\C)C(/C)=C/C=c1/[nH]nc(-c2nc3c(-c4cc(F)cc(CCCN(C)C)c4)cccc3[nH]2)c1=C)CN1CCCCC1. The van der Waals surface area contributed by atoms with Gasteiger partial charge in [-0.25, -0.2) is 9.37 Å². The first-order valence-corrected chi connectivity index (χ1v) is 16.3. The maximum atomic E-state index is 14.7. The van der Waals surface area contributed by atoms with E-state index in [9.17, 15) is 4.39 Å². The lowest BCUT2D eigenvalue weighted by Gasteiger charge is -2.26. The van der Waals surface area contributed by atoms with Crippen molar-refractivity contribution in [1.29, 1.82) is 0 Å². The van der Waals surface area contributed by atoms with Crippen molar-refractivity contribution in [1.82, 2.24) is 30.0 Å². The zero-order valence-corrected chi connectivity index (χ0v) is 27.8. The number of allylic oxidation sites excluding steroid dienone is 5. The number of aromatic nitrogens is 4. The molecule has 0 bridgehead atoms. The number of nitrogens with zero attached hydrogens (tertiary/aromatic N) is 4. The Hall–Kier alpha value is -4.33. The largest absolute Gasteiger partial charge is 0.337 e. The molecule has 2 aromatic carbocycles. The summed E-state index contributed by atoms with van der Waals surface area (Å²) in [5, 5.41) is 9.30. The van der Waals surface area contributed by atoms with Crippen LogP contribution in [-0.4, -0.2) is 70.2 Å². The number of hydrogen-bond donors (Lipinski definition) is 2. The number of hydrogen-bond acceptors (Lipinski definition) is 4. The van der Waals surface area contributed by atoms with Crippen LogP contribution >= 0.6 is 0 Å². The fraction of sp³-hybridized carbons (Fsp3) is 0.333. The van der Waals surface area contributed by atoms with Crippen molar-refractivity contribution >= 4 is 23.7 Å². The van der Waals surface area contributed by atoms with E-state index in [0.717, 1.165) is 88.5 Å². The summed E-state index contributed by atoms with van der Waals surface area (Å²) in [5.74, 6) is 0.386. The van der Waals surface area contributed by atoms with E-state index in [2.05, 4.69) is 90.4 Å². The third-order valence-corrected chi connectivity index (χ3v) is 8.70. The van der Waals surface area contributed by atoms with Gasteiger partial charge in [0.2, 0.25) is 0 Å². The van der Waals surface area contributed by atoms with Gasteiger partial charge in [0.05, 0.1) is 16.4 Å². The summed E-state index contributed by atoms with van der Waals surface area (Å²) in [7, 11) is 4.11. The van der Waals surface area contributed by atoms with Gasteiger partial charge in [-0.3, -0.25) is 10.00 Å². The molecule has 0 spiro atoms. The fourth-order valence-electron chi connectivity index (χ4n) is 6.11. The van der Waals surface area contributed by atoms with Crippen molar-refractivity contribution in [2.75, 3.05) is 40.3 Å². The van der Waals surface area contributed by atoms with Crippen molar-refractivity contribution in [3.8, 4) is 22.6 Å². The highest BCUT2D eigenvalue weighted by Crippen LogP contribution is 2.30. The van der Waals surface area contributed by atoms with E-state index < -0.39 is 0 Å². The number of imidazole rings is 1. The highest BCUT2D eigenvalue weighted by molar-refractivity contribution is 5.93. The van der Waals surface area contributed by atoms with Crippen molar-refractivity contribution in [2.24, 2.45) is 0 Å². The Labute approximate surface area is 272 Å². The summed E-state index contributed by atoms with van der Waals surface area (Å²) in [6.45, 7) is 16.8. The van der Waals surface area contributed by atoms with Gasteiger partial charge in [-0.05, 0) is 125 Å². The summed E-state index contributed by atoms with van der Waals surface area (Å²) in [6, 6.07) is 11.2. The van der Waals surface area contributed by atoms with Gasteiger partial charge in [0, 0.05) is 17.3 Å². The van der Waals surface area contributed by atoms with Gasteiger partial charge in [0.25, 0.3) is 0 Å². The molecule has 5 rings (SSSR count). The Kier molecular flexibility index (Phi) is 11.0. The van der Waals surface area contributed by atoms with Gasteiger partial charge < -0.3 is 9.88 Å². The molecule has 1 fully saturated rings. The van der Waals surface area contributed by atoms with Crippen LogP contribution in [0.25, 0.3) is 46.3 Å². The summed E-state index contributed by atoms with van der Waals surface area (Å²) < 4.78 is 14.7. The second kappa shape index (κ2) is 15.3. The van der Waals surface area contributed by atoms with E-state index in [1.54, 1.807) is 12.1 Å². The number of piperidine rings is 1. The van der Waals surface area contributed by atoms with E-state index in [0.29, 0.717) is 11.5 Å². The molecule has 1 saturated heterocycles. The van der Waals surface area contributed by atoms with Crippen molar-refractivity contribution < 1.29 is 4.39 Å². The second-order valence-electron chi connectivity index (χ2n) is 12.5. The number of halogens is 1. The number of para-hydroxylation sites is 1. The number of H-pyrrole nitrogens is 2. The molecular weight excluding hydrogens is 571 g/mol. The van der Waals surface area contributed by atoms with E-state index >= 15 is 0 Å². The zero-order chi connectivity index (χ0) is 32.6. The quantitative estimate of drug-likeness (QED) is 0.169. The molecule has 6 nitrogen and oxygen atoms in total. The van der Waals surface area contributed by atoms with Crippen molar-refractivity contribution in [2.45, 2.75) is 46.0 Å². The third kappa shape index (κ3) is 8.08. The highest BCUT2D eigenvalue weighted by Gasteiger charge is 2.15. The van der Waals surface area contributed by atoms with E-state index in [-0.39, 0.29) is 5.82 Å². The van der Waals surface area contributed by atoms with Crippen LogP contribution in [0.5, 0.6) is 0 Å². The Morgan fingerprint density at radius 3 is 2.67 bits per heavy atom. The molecule has 7 heteroatoms. The standard InChI is InChI=1S/C39H47FN6/c1-7-29(26-46-20-10-9-11-21-46)22-31(8-2)27(3)17-18-35-28(4)37(44-43-35)39-41-36-16-12-15-34(38(36)42-39)32-23-30(24-33(40)25-32)14-13-19-45(5)6/h7-8,12,15-18,22-25,43H,1,4,9-11,13-14,19-21,26H2,2-3,5-6H3,(H,41,42)/b27-17+,29-22+,31-8+,35-18+. The van der Waals surface area contributed by atoms with Crippen LogP contribution in [0.15, 0.2) is 84.0 Å². The van der Waals surface area contributed by atoms with Gasteiger partial charge >= 0.3 is 0 Å². The van der Waals surface area contributed by atoms with Crippen LogP contribution < -0.4 is 10.6 Å². The molecule has 4 aromatic rings.